The van der Waals surface area contributed by atoms with Crippen LogP contribution in [0.1, 0.15) is 65.8 Å². The first kappa shape index (κ1) is 26.1. The molecule has 0 amide bonds. The molecule has 0 spiro atoms. The van der Waals surface area contributed by atoms with Gasteiger partial charge in [0.2, 0.25) is 5.70 Å². The molecule has 0 fully saturated rings. The lowest BCUT2D eigenvalue weighted by Gasteiger charge is -2.03. The summed E-state index contributed by atoms with van der Waals surface area (Å²) in [6, 6.07) is 0. The maximum absolute atomic E-state index is 7.48. The number of hydrogen-bond donors (Lipinski definition) is 4. The van der Waals surface area contributed by atoms with Crippen LogP contribution in [-0.2, 0) is 6.42 Å². The van der Waals surface area contributed by atoms with Crippen molar-refractivity contribution in [3.8, 4) is 0 Å². The Kier molecular flexibility index (Phi) is 8.66. The van der Waals surface area contributed by atoms with Crippen molar-refractivity contribution in [3.63, 3.8) is 0 Å². The third-order valence-electron chi connectivity index (χ3n) is 6.35. The number of H-pyrrole nitrogens is 2. The highest BCUT2D eigenvalue weighted by atomic mass is 79.9. The third kappa shape index (κ3) is 5.41. The van der Waals surface area contributed by atoms with Crippen LogP contribution >= 0.6 is 15.9 Å². The Morgan fingerprint density at radius 3 is 2.06 bits per heavy atom. The van der Waals surface area contributed by atoms with Gasteiger partial charge in [0.15, 0.2) is 6.21 Å². The molecule has 32 heavy (non-hydrogen) atoms. The minimum atomic E-state index is 0. The minimum Gasteiger partial charge on any atom is -1.00 e. The largest absolute Gasteiger partial charge is 1.00 e. The SMILES string of the molecule is CC1=C/C(=C/c2[nH]c(Cc3[nH]c(/C=C(Br)/C(C)=C(/C)C=N)c(C)c3C)c(C)c2C)[NH+]=C1.[Br-]. The van der Waals surface area contributed by atoms with Crippen LogP contribution in [0, 0.1) is 33.1 Å². The van der Waals surface area contributed by atoms with E-state index in [2.05, 4.69) is 83.7 Å². The molecule has 0 saturated heterocycles. The van der Waals surface area contributed by atoms with Gasteiger partial charge >= 0.3 is 0 Å². The molecule has 0 aliphatic carbocycles. The summed E-state index contributed by atoms with van der Waals surface area (Å²) in [5.41, 5.74) is 14.2. The zero-order chi connectivity index (χ0) is 22.9. The maximum atomic E-state index is 7.48. The van der Waals surface area contributed by atoms with Gasteiger partial charge in [0.05, 0.1) is 0 Å². The Morgan fingerprint density at radius 2 is 1.53 bits per heavy atom. The monoisotopic (exact) mass is 558 g/mol. The predicted octanol–water partition coefficient (Wildman–Crippen LogP) is 2.35. The summed E-state index contributed by atoms with van der Waals surface area (Å²) in [5, 5.41) is 7.48. The summed E-state index contributed by atoms with van der Waals surface area (Å²) >= 11 is 3.68. The molecule has 0 aromatic carbocycles. The quantitative estimate of drug-likeness (QED) is 0.310. The van der Waals surface area contributed by atoms with Crippen molar-refractivity contribution < 1.29 is 22.0 Å². The van der Waals surface area contributed by atoms with E-state index in [4.69, 9.17) is 5.41 Å². The predicted molar refractivity (Wildman–Crippen MR) is 136 cm³/mol. The van der Waals surface area contributed by atoms with Gasteiger partial charge in [-0.1, -0.05) is 15.9 Å². The van der Waals surface area contributed by atoms with Crippen LogP contribution in [0.3, 0.4) is 0 Å². The van der Waals surface area contributed by atoms with Crippen LogP contribution in [0.2, 0.25) is 0 Å². The van der Waals surface area contributed by atoms with Gasteiger partial charge in [0, 0.05) is 57.6 Å². The Bertz CT molecular complexity index is 1200. The van der Waals surface area contributed by atoms with E-state index < -0.39 is 0 Å². The molecule has 4 nitrogen and oxygen atoms in total. The van der Waals surface area contributed by atoms with Crippen molar-refractivity contribution in [3.05, 3.63) is 78.0 Å². The Morgan fingerprint density at radius 1 is 0.969 bits per heavy atom. The molecule has 170 valence electrons. The molecule has 6 heteroatoms. The van der Waals surface area contributed by atoms with Gasteiger partial charge in [-0.3, -0.25) is 0 Å². The van der Waals surface area contributed by atoms with E-state index in [1.807, 2.05) is 20.1 Å². The molecule has 2 aromatic heterocycles. The molecule has 1 aliphatic heterocycles. The average Bonchev–Trinajstić information content (AvgIpc) is 3.36. The second-order valence-corrected chi connectivity index (χ2v) is 9.29. The molecule has 0 radical (unpaired) electrons. The highest BCUT2D eigenvalue weighted by Gasteiger charge is 2.16. The molecule has 0 saturated carbocycles. The number of aromatic amines is 2. The van der Waals surface area contributed by atoms with E-state index >= 15 is 0 Å². The average molecular weight is 560 g/mol. The topological polar surface area (TPSA) is 69.4 Å². The minimum absolute atomic E-state index is 0. The summed E-state index contributed by atoms with van der Waals surface area (Å²) < 4.78 is 0.995. The second kappa shape index (κ2) is 10.6. The third-order valence-corrected chi connectivity index (χ3v) is 7.17. The van der Waals surface area contributed by atoms with Crippen molar-refractivity contribution in [1.82, 2.24) is 9.97 Å². The van der Waals surface area contributed by atoms with Gasteiger partial charge in [-0.05, 0) is 87.9 Å². The van der Waals surface area contributed by atoms with Crippen molar-refractivity contribution in [2.75, 3.05) is 0 Å². The highest BCUT2D eigenvalue weighted by Crippen LogP contribution is 2.28. The van der Waals surface area contributed by atoms with Gasteiger partial charge in [0.25, 0.3) is 0 Å². The van der Waals surface area contributed by atoms with Crippen molar-refractivity contribution in [2.24, 2.45) is 0 Å². The lowest BCUT2D eigenvalue weighted by atomic mass is 10.0. The van der Waals surface area contributed by atoms with Crippen molar-refractivity contribution >= 4 is 40.5 Å². The fourth-order valence-electron chi connectivity index (χ4n) is 3.67. The number of allylic oxidation sites excluding steroid dienone is 5. The number of halogens is 2. The van der Waals surface area contributed by atoms with Crippen LogP contribution in [-0.4, -0.2) is 22.4 Å². The Balaban J connectivity index is 0.00000363. The number of nitrogens with one attached hydrogen (secondary N) is 4. The van der Waals surface area contributed by atoms with Gasteiger partial charge in [-0.15, -0.1) is 0 Å². The van der Waals surface area contributed by atoms with Gasteiger partial charge in [0.1, 0.15) is 0 Å². The van der Waals surface area contributed by atoms with Crippen LogP contribution in [0.25, 0.3) is 12.2 Å². The van der Waals surface area contributed by atoms with Crippen LogP contribution in [0.4, 0.5) is 0 Å². The standard InChI is InChI=1S/C26H31BrN4.BrH/c1-14-8-21(29-13-14)9-23-17(4)19(6)25(30-23)11-26-20(7)18(5)24(31-26)10-22(27)16(3)15(2)12-28;/h8-10,12-13,28,30-31H,11H2,1-7H3;1H/b16-15-,21-9-,22-10-,28-12?;. The van der Waals surface area contributed by atoms with Gasteiger partial charge in [-0.25, -0.2) is 4.99 Å². The Hall–Kier alpha value is -2.18. The van der Waals surface area contributed by atoms with E-state index in [1.54, 1.807) is 0 Å². The summed E-state index contributed by atoms with van der Waals surface area (Å²) in [4.78, 5) is 10.6. The fourth-order valence-corrected chi connectivity index (χ4v) is 4.21. The first-order valence-corrected chi connectivity index (χ1v) is 11.3. The zero-order valence-electron chi connectivity index (χ0n) is 19.8. The second-order valence-electron chi connectivity index (χ2n) is 8.43. The van der Waals surface area contributed by atoms with E-state index in [1.165, 1.54) is 45.4 Å². The summed E-state index contributed by atoms with van der Waals surface area (Å²) in [6.45, 7) is 14.8. The summed E-state index contributed by atoms with van der Waals surface area (Å²) in [7, 11) is 0. The summed E-state index contributed by atoms with van der Waals surface area (Å²) in [6.07, 6.45) is 10.7. The molecule has 0 atom stereocenters. The van der Waals surface area contributed by atoms with Gasteiger partial charge in [-0.2, -0.15) is 0 Å². The van der Waals surface area contributed by atoms with E-state index in [0.29, 0.717) is 0 Å². The van der Waals surface area contributed by atoms with E-state index in [0.717, 1.165) is 39.1 Å². The number of rotatable bonds is 6. The van der Waals surface area contributed by atoms with Crippen LogP contribution in [0.5, 0.6) is 0 Å². The van der Waals surface area contributed by atoms with E-state index in [9.17, 15) is 0 Å². The molecule has 1 aliphatic rings. The van der Waals surface area contributed by atoms with Gasteiger partial charge < -0.3 is 32.4 Å². The smallest absolute Gasteiger partial charge is 0.206 e. The fraction of sp³-hybridized carbons (Fsp3) is 0.308. The lowest BCUT2D eigenvalue weighted by Crippen LogP contribution is -3.00. The number of hydrogen-bond acceptors (Lipinski definition) is 1. The lowest BCUT2D eigenvalue weighted by molar-refractivity contribution is -0.379. The zero-order valence-corrected chi connectivity index (χ0v) is 23.0. The molecular weight excluding hydrogens is 528 g/mol. The summed E-state index contributed by atoms with van der Waals surface area (Å²) in [5.74, 6) is 0. The molecule has 4 N–H and O–H groups in total. The molecule has 3 heterocycles. The molecule has 3 rings (SSSR count). The first-order chi connectivity index (χ1) is 14.6. The van der Waals surface area contributed by atoms with E-state index in [-0.39, 0.29) is 17.0 Å². The molecular formula is C26H32Br2N4. The maximum Gasteiger partial charge on any atom is 0.206 e. The van der Waals surface area contributed by atoms with Crippen LogP contribution < -0.4 is 22.0 Å². The van der Waals surface area contributed by atoms with Crippen LogP contribution in [0.15, 0.2) is 33.0 Å². The van der Waals surface area contributed by atoms with Crippen molar-refractivity contribution in [2.45, 2.75) is 54.9 Å². The first-order valence-electron chi connectivity index (χ1n) is 10.5. The van der Waals surface area contributed by atoms with Crippen molar-refractivity contribution in [1.29, 1.82) is 5.41 Å². The molecule has 0 bridgehead atoms. The Labute approximate surface area is 210 Å². The number of aromatic nitrogens is 2. The highest BCUT2D eigenvalue weighted by molar-refractivity contribution is 9.12. The normalized spacial score (nSPS) is 15.7. The molecule has 0 unspecified atom stereocenters. The molecule has 2 aromatic rings.